The third kappa shape index (κ3) is 4.74. The lowest BCUT2D eigenvalue weighted by Crippen LogP contribution is -2.17. The molecule has 0 radical (unpaired) electrons. The lowest BCUT2D eigenvalue weighted by Gasteiger charge is -2.29. The van der Waals surface area contributed by atoms with Crippen molar-refractivity contribution < 1.29 is 0 Å². The van der Waals surface area contributed by atoms with Crippen LogP contribution in [0.1, 0.15) is 112 Å². The Bertz CT molecular complexity index is 2060. The quantitative estimate of drug-likeness (QED) is 0.184. The van der Waals surface area contributed by atoms with Crippen LogP contribution in [0.3, 0.4) is 0 Å². The largest absolute Gasteiger partial charge is 0.344 e. The average Bonchev–Trinajstić information content (AvgIpc) is 3.56. The second-order valence-corrected chi connectivity index (χ2v) is 15.5. The number of fused-ring (bicyclic) bond motifs is 7. The average molecular weight is 629 g/mol. The van der Waals surface area contributed by atoms with Gasteiger partial charge in [-0.25, -0.2) is 0 Å². The van der Waals surface area contributed by atoms with Gasteiger partial charge in [0.05, 0.1) is 0 Å². The number of benzene rings is 5. The SMILES string of the molecule is Cn1c2ccccc2c2c3c(ccc21)-c1ccc(N(c2ccc(C4CCCCC4)cc2)c2ccc(C4CCCCC4)cc2)cc1C3(C)C. The Kier molecular flexibility index (Phi) is 7.26. The molecule has 0 saturated heterocycles. The predicted octanol–water partition coefficient (Wildman–Crippen LogP) is 13.2. The van der Waals surface area contributed by atoms with Crippen LogP contribution in [0, 0.1) is 0 Å². The first-order chi connectivity index (χ1) is 23.5. The van der Waals surface area contributed by atoms with E-state index in [1.807, 2.05) is 0 Å². The van der Waals surface area contributed by atoms with Crippen molar-refractivity contribution in [2.45, 2.75) is 95.3 Å². The van der Waals surface area contributed by atoms with Crippen LogP contribution in [0.4, 0.5) is 17.1 Å². The Morgan fingerprint density at radius 2 is 1.10 bits per heavy atom. The molecule has 2 heteroatoms. The molecule has 0 bridgehead atoms. The van der Waals surface area contributed by atoms with Gasteiger partial charge in [-0.15, -0.1) is 0 Å². The highest BCUT2D eigenvalue weighted by Crippen LogP contribution is 2.54. The standard InChI is InChI=1S/C46H48N2/c1-46(2)41-30-37(26-27-38(41)39-28-29-43-44(45(39)46)40-16-10-11-17-42(40)47(43)3)48(35-22-18-33(19-23-35)31-12-6-4-7-13-31)36-24-20-34(21-25-36)32-14-8-5-9-15-32/h10-11,16-32H,4-9,12-15H2,1-3H3. The van der Waals surface area contributed by atoms with Gasteiger partial charge in [0, 0.05) is 51.3 Å². The molecule has 0 amide bonds. The van der Waals surface area contributed by atoms with Gasteiger partial charge in [-0.3, -0.25) is 0 Å². The summed E-state index contributed by atoms with van der Waals surface area (Å²) in [5.74, 6) is 1.42. The van der Waals surface area contributed by atoms with Crippen molar-refractivity contribution in [2.75, 3.05) is 4.90 Å². The molecule has 0 unspecified atom stereocenters. The molecule has 0 N–H and O–H groups in total. The van der Waals surface area contributed by atoms with E-state index in [1.54, 1.807) is 0 Å². The molecule has 0 aliphatic heterocycles. The summed E-state index contributed by atoms with van der Waals surface area (Å²) in [6, 6.07) is 40.1. The molecule has 3 aliphatic carbocycles. The summed E-state index contributed by atoms with van der Waals surface area (Å²) < 4.78 is 2.37. The maximum Gasteiger partial charge on any atom is 0.0492 e. The van der Waals surface area contributed by atoms with E-state index >= 15 is 0 Å². The van der Waals surface area contributed by atoms with Crippen molar-refractivity contribution in [3.8, 4) is 11.1 Å². The first kappa shape index (κ1) is 29.8. The van der Waals surface area contributed by atoms with E-state index in [0.717, 1.165) is 0 Å². The molecule has 3 aliphatic rings. The summed E-state index contributed by atoms with van der Waals surface area (Å²) in [6.45, 7) is 4.87. The van der Waals surface area contributed by atoms with Crippen LogP contribution in [-0.2, 0) is 12.5 Å². The van der Waals surface area contributed by atoms with Gasteiger partial charge >= 0.3 is 0 Å². The van der Waals surface area contributed by atoms with Gasteiger partial charge in [-0.1, -0.05) is 107 Å². The summed E-state index contributed by atoms with van der Waals surface area (Å²) in [6.07, 6.45) is 13.6. The molecule has 6 aromatic rings. The van der Waals surface area contributed by atoms with Crippen molar-refractivity contribution in [3.05, 3.63) is 125 Å². The molecular formula is C46H48N2. The van der Waals surface area contributed by atoms with Gasteiger partial charge in [0.25, 0.3) is 0 Å². The summed E-state index contributed by atoms with van der Waals surface area (Å²) in [5, 5.41) is 2.76. The van der Waals surface area contributed by atoms with Crippen molar-refractivity contribution in [3.63, 3.8) is 0 Å². The molecule has 1 aromatic heterocycles. The lowest BCUT2D eigenvalue weighted by molar-refractivity contribution is 0.443. The van der Waals surface area contributed by atoms with Gasteiger partial charge in [-0.2, -0.15) is 0 Å². The molecule has 1 heterocycles. The molecule has 0 atom stereocenters. The van der Waals surface area contributed by atoms with Crippen LogP contribution in [0.25, 0.3) is 32.9 Å². The van der Waals surface area contributed by atoms with Crippen molar-refractivity contribution in [1.29, 1.82) is 0 Å². The lowest BCUT2D eigenvalue weighted by atomic mass is 9.80. The topological polar surface area (TPSA) is 8.17 Å². The molecule has 48 heavy (non-hydrogen) atoms. The molecule has 9 rings (SSSR count). The van der Waals surface area contributed by atoms with E-state index in [1.165, 1.54) is 136 Å². The smallest absolute Gasteiger partial charge is 0.0492 e. The highest BCUT2D eigenvalue weighted by Gasteiger charge is 2.38. The fourth-order valence-corrected chi connectivity index (χ4v) is 9.79. The van der Waals surface area contributed by atoms with Crippen LogP contribution in [-0.4, -0.2) is 4.57 Å². The second kappa shape index (κ2) is 11.7. The fraction of sp³-hybridized carbons (Fsp3) is 0.348. The van der Waals surface area contributed by atoms with E-state index in [2.05, 4.69) is 133 Å². The zero-order valence-corrected chi connectivity index (χ0v) is 28.9. The monoisotopic (exact) mass is 628 g/mol. The molecular weight excluding hydrogens is 581 g/mol. The number of para-hydroxylation sites is 1. The number of rotatable bonds is 5. The number of aryl methyl sites for hydroxylation is 1. The Morgan fingerprint density at radius 1 is 0.562 bits per heavy atom. The third-order valence-electron chi connectivity index (χ3n) is 12.4. The molecule has 0 spiro atoms. The van der Waals surface area contributed by atoms with Gasteiger partial charge in [-0.05, 0) is 119 Å². The highest BCUT2D eigenvalue weighted by molar-refractivity contribution is 6.13. The van der Waals surface area contributed by atoms with Crippen molar-refractivity contribution in [1.82, 2.24) is 4.57 Å². The van der Waals surface area contributed by atoms with E-state index in [-0.39, 0.29) is 5.41 Å². The molecule has 242 valence electrons. The minimum absolute atomic E-state index is 0.133. The van der Waals surface area contributed by atoms with Crippen LogP contribution in [0.2, 0.25) is 0 Å². The predicted molar refractivity (Wildman–Crippen MR) is 204 cm³/mol. The van der Waals surface area contributed by atoms with Crippen molar-refractivity contribution >= 4 is 38.9 Å². The minimum Gasteiger partial charge on any atom is -0.344 e. The summed E-state index contributed by atoms with van der Waals surface area (Å²) in [7, 11) is 2.21. The fourth-order valence-electron chi connectivity index (χ4n) is 9.79. The third-order valence-corrected chi connectivity index (χ3v) is 12.4. The van der Waals surface area contributed by atoms with Crippen molar-refractivity contribution in [2.24, 2.45) is 7.05 Å². The highest BCUT2D eigenvalue weighted by atomic mass is 15.1. The maximum absolute atomic E-state index is 2.50. The van der Waals surface area contributed by atoms with Crippen LogP contribution in [0.15, 0.2) is 103 Å². The van der Waals surface area contributed by atoms with Gasteiger partial charge in [0.2, 0.25) is 0 Å². The zero-order chi connectivity index (χ0) is 32.4. The molecule has 2 nitrogen and oxygen atoms in total. The normalized spacial score (nSPS) is 17.9. The Balaban J connectivity index is 1.15. The second-order valence-electron chi connectivity index (χ2n) is 15.5. The number of hydrogen-bond acceptors (Lipinski definition) is 1. The van der Waals surface area contributed by atoms with Crippen LogP contribution in [0.5, 0.6) is 0 Å². The number of nitrogens with zero attached hydrogens (tertiary/aromatic N) is 2. The maximum atomic E-state index is 2.50. The van der Waals surface area contributed by atoms with Gasteiger partial charge in [0.15, 0.2) is 0 Å². The summed E-state index contributed by atoms with van der Waals surface area (Å²) in [5.41, 5.74) is 14.8. The molecule has 5 aromatic carbocycles. The first-order valence-electron chi connectivity index (χ1n) is 18.6. The van der Waals surface area contributed by atoms with Gasteiger partial charge < -0.3 is 9.47 Å². The minimum atomic E-state index is -0.133. The van der Waals surface area contributed by atoms with E-state index in [0.29, 0.717) is 11.8 Å². The summed E-state index contributed by atoms with van der Waals surface area (Å²) >= 11 is 0. The molecule has 2 saturated carbocycles. The number of aromatic nitrogens is 1. The zero-order valence-electron chi connectivity index (χ0n) is 28.9. The van der Waals surface area contributed by atoms with Gasteiger partial charge in [0.1, 0.15) is 0 Å². The van der Waals surface area contributed by atoms with Crippen LogP contribution < -0.4 is 4.90 Å². The van der Waals surface area contributed by atoms with E-state index in [4.69, 9.17) is 0 Å². The number of anilines is 3. The van der Waals surface area contributed by atoms with E-state index < -0.39 is 0 Å². The van der Waals surface area contributed by atoms with E-state index in [9.17, 15) is 0 Å². The Hall–Kier alpha value is -4.30. The Morgan fingerprint density at radius 3 is 1.71 bits per heavy atom. The first-order valence-corrected chi connectivity index (χ1v) is 18.6. The summed E-state index contributed by atoms with van der Waals surface area (Å²) in [4.78, 5) is 2.50. The van der Waals surface area contributed by atoms with Crippen LogP contribution >= 0.6 is 0 Å². The Labute approximate surface area is 286 Å². The molecule has 2 fully saturated rings. The number of hydrogen-bond donors (Lipinski definition) is 0.